The molecule has 0 spiro atoms. The Morgan fingerprint density at radius 2 is 2.25 bits per heavy atom. The van der Waals surface area contributed by atoms with Crippen LogP contribution in [0.3, 0.4) is 0 Å². The molecule has 0 radical (unpaired) electrons. The number of thioether (sulfide) groups is 1. The third-order valence-electron chi connectivity index (χ3n) is 3.33. The Morgan fingerprint density at radius 1 is 1.46 bits per heavy atom. The number of thiazole rings is 1. The first-order valence-electron chi connectivity index (χ1n) is 6.94. The van der Waals surface area contributed by atoms with Gasteiger partial charge in [0.2, 0.25) is 5.91 Å². The molecule has 1 N–H and O–H groups in total. The molecule has 1 amide bonds. The highest BCUT2D eigenvalue weighted by molar-refractivity contribution is 8.00. The Hall–Kier alpha value is -1.90. The van der Waals surface area contributed by atoms with Crippen LogP contribution in [0.25, 0.3) is 10.3 Å². The summed E-state index contributed by atoms with van der Waals surface area (Å²) >= 11 is 8.68. The number of benzene rings is 1. The molecule has 9 heteroatoms. The van der Waals surface area contributed by atoms with Gasteiger partial charge in [0.25, 0.3) is 5.56 Å². The maximum atomic E-state index is 12.4. The fourth-order valence-corrected chi connectivity index (χ4v) is 3.73. The summed E-state index contributed by atoms with van der Waals surface area (Å²) in [5.74, 6) is -0.321. The number of carbonyl (C=O) groups excluding carboxylic acids is 1. The van der Waals surface area contributed by atoms with Crippen molar-refractivity contribution in [3.05, 3.63) is 45.5 Å². The molecule has 6 nitrogen and oxygen atoms in total. The Morgan fingerprint density at radius 3 is 3.00 bits per heavy atom. The van der Waals surface area contributed by atoms with Crippen molar-refractivity contribution < 1.29 is 4.79 Å². The van der Waals surface area contributed by atoms with E-state index in [4.69, 9.17) is 11.6 Å². The van der Waals surface area contributed by atoms with Crippen LogP contribution in [0.2, 0.25) is 5.02 Å². The molecule has 0 saturated carbocycles. The van der Waals surface area contributed by atoms with Crippen molar-refractivity contribution in [2.24, 2.45) is 0 Å². The molecule has 24 heavy (non-hydrogen) atoms. The van der Waals surface area contributed by atoms with E-state index in [2.05, 4.69) is 15.3 Å². The minimum absolute atomic E-state index is 0.125. The number of hydrogen-bond donors (Lipinski definition) is 1. The van der Waals surface area contributed by atoms with Crippen LogP contribution >= 0.6 is 34.7 Å². The fraction of sp³-hybridized carbons (Fsp3) is 0.200. The van der Waals surface area contributed by atoms with Gasteiger partial charge in [-0.2, -0.15) is 0 Å². The van der Waals surface area contributed by atoms with Gasteiger partial charge in [-0.25, -0.2) is 9.97 Å². The van der Waals surface area contributed by atoms with E-state index in [9.17, 15) is 9.59 Å². The SMILES string of the molecule is CSc1nc2ncn(CC(=O)Nc3cc(Cl)ccc3C)c(=O)c2s1. The normalized spacial score (nSPS) is 11.0. The quantitative estimate of drug-likeness (QED) is 0.703. The van der Waals surface area contributed by atoms with Gasteiger partial charge >= 0.3 is 0 Å². The van der Waals surface area contributed by atoms with Gasteiger partial charge in [0.15, 0.2) is 9.99 Å². The van der Waals surface area contributed by atoms with Gasteiger partial charge in [0.05, 0.1) is 0 Å². The zero-order valence-corrected chi connectivity index (χ0v) is 15.3. The van der Waals surface area contributed by atoms with Gasteiger partial charge in [-0.3, -0.25) is 14.2 Å². The molecule has 0 saturated heterocycles. The lowest BCUT2D eigenvalue weighted by atomic mass is 10.2. The second-order valence-electron chi connectivity index (χ2n) is 5.02. The average molecular weight is 381 g/mol. The number of amides is 1. The van der Waals surface area contributed by atoms with E-state index in [-0.39, 0.29) is 18.0 Å². The van der Waals surface area contributed by atoms with Gasteiger partial charge in [-0.05, 0) is 30.9 Å². The largest absolute Gasteiger partial charge is 0.324 e. The fourth-order valence-electron chi connectivity index (χ4n) is 2.10. The standard InChI is InChI=1S/C15H13ClN4O2S2/c1-8-3-4-9(16)5-10(8)18-11(21)6-20-7-17-13-12(14(20)22)24-15(19-13)23-2/h3-5,7H,6H2,1-2H3,(H,18,21). The minimum Gasteiger partial charge on any atom is -0.324 e. The molecule has 2 aromatic heterocycles. The lowest BCUT2D eigenvalue weighted by Crippen LogP contribution is -2.27. The third kappa shape index (κ3) is 3.45. The van der Waals surface area contributed by atoms with Crippen LogP contribution in [0, 0.1) is 6.92 Å². The summed E-state index contributed by atoms with van der Waals surface area (Å²) in [5, 5.41) is 3.30. The first-order valence-corrected chi connectivity index (χ1v) is 9.36. The Kier molecular flexibility index (Phi) is 4.88. The summed E-state index contributed by atoms with van der Waals surface area (Å²) in [4.78, 5) is 33.1. The van der Waals surface area contributed by atoms with E-state index in [0.29, 0.717) is 21.1 Å². The first-order chi connectivity index (χ1) is 11.5. The van der Waals surface area contributed by atoms with E-state index in [1.807, 2.05) is 19.2 Å². The Balaban J connectivity index is 1.84. The number of halogens is 1. The number of anilines is 1. The molecule has 0 aliphatic rings. The topological polar surface area (TPSA) is 76.9 Å². The maximum absolute atomic E-state index is 12.4. The monoisotopic (exact) mass is 380 g/mol. The van der Waals surface area contributed by atoms with Crippen molar-refractivity contribution in [3.8, 4) is 0 Å². The minimum atomic E-state index is -0.321. The van der Waals surface area contributed by atoms with E-state index in [0.717, 1.165) is 9.90 Å². The van der Waals surface area contributed by atoms with Gasteiger partial charge < -0.3 is 5.32 Å². The number of aryl methyl sites for hydroxylation is 1. The smallest absolute Gasteiger partial charge is 0.273 e. The van der Waals surface area contributed by atoms with Crippen molar-refractivity contribution in [1.29, 1.82) is 0 Å². The van der Waals surface area contributed by atoms with Crippen LogP contribution in [0.5, 0.6) is 0 Å². The Bertz CT molecular complexity index is 983. The summed E-state index contributed by atoms with van der Waals surface area (Å²) in [6.45, 7) is 1.74. The predicted octanol–water partition coefficient (Wildman–Crippen LogP) is 3.18. The van der Waals surface area contributed by atoms with Crippen LogP contribution in [0.4, 0.5) is 5.69 Å². The molecule has 0 bridgehead atoms. The van der Waals surface area contributed by atoms with Gasteiger partial charge in [-0.1, -0.05) is 29.4 Å². The zero-order valence-electron chi connectivity index (χ0n) is 12.9. The number of nitrogens with one attached hydrogen (secondary N) is 1. The van der Waals surface area contributed by atoms with Gasteiger partial charge in [-0.15, -0.1) is 11.3 Å². The van der Waals surface area contributed by atoms with Crippen molar-refractivity contribution in [1.82, 2.24) is 14.5 Å². The summed E-state index contributed by atoms with van der Waals surface area (Å²) in [6.07, 6.45) is 3.23. The Labute approximate surface area is 150 Å². The van der Waals surface area contributed by atoms with Crippen molar-refractivity contribution in [2.45, 2.75) is 17.8 Å². The second-order valence-corrected chi connectivity index (χ2v) is 7.51. The average Bonchev–Trinajstić information content (AvgIpc) is 2.98. The summed E-state index contributed by atoms with van der Waals surface area (Å²) in [7, 11) is 0. The van der Waals surface area contributed by atoms with E-state index >= 15 is 0 Å². The van der Waals surface area contributed by atoms with Crippen LogP contribution in [-0.2, 0) is 11.3 Å². The maximum Gasteiger partial charge on any atom is 0.273 e. The van der Waals surface area contributed by atoms with Crippen LogP contribution in [-0.4, -0.2) is 26.7 Å². The van der Waals surface area contributed by atoms with Crippen LogP contribution < -0.4 is 10.9 Å². The summed E-state index contributed by atoms with van der Waals surface area (Å²) in [6, 6.07) is 5.24. The molecule has 0 atom stereocenters. The second kappa shape index (κ2) is 6.92. The van der Waals surface area contributed by atoms with Crippen molar-refractivity contribution in [2.75, 3.05) is 11.6 Å². The number of fused-ring (bicyclic) bond motifs is 1. The zero-order chi connectivity index (χ0) is 17.3. The van der Waals surface area contributed by atoms with E-state index < -0.39 is 0 Å². The molecule has 1 aromatic carbocycles. The third-order valence-corrected chi connectivity index (χ3v) is 5.58. The molecule has 0 fully saturated rings. The number of rotatable bonds is 4. The molecule has 3 rings (SSSR count). The summed E-state index contributed by atoms with van der Waals surface area (Å²) in [5.41, 5.74) is 1.66. The molecule has 3 aromatic rings. The molecular formula is C15H13ClN4O2S2. The van der Waals surface area contributed by atoms with Crippen molar-refractivity contribution >= 4 is 56.6 Å². The first kappa shape index (κ1) is 16.9. The van der Waals surface area contributed by atoms with Crippen LogP contribution in [0.15, 0.2) is 33.7 Å². The van der Waals surface area contributed by atoms with Crippen LogP contribution in [0.1, 0.15) is 5.56 Å². The summed E-state index contributed by atoms with van der Waals surface area (Å²) < 4.78 is 2.50. The molecule has 0 unspecified atom stereocenters. The number of carbonyl (C=O) groups is 1. The molecule has 2 heterocycles. The lowest BCUT2D eigenvalue weighted by molar-refractivity contribution is -0.116. The number of nitrogens with zero attached hydrogens (tertiary/aromatic N) is 3. The van der Waals surface area contributed by atoms with Gasteiger partial charge in [0, 0.05) is 10.7 Å². The highest BCUT2D eigenvalue weighted by Gasteiger charge is 2.13. The number of aromatic nitrogens is 3. The molecule has 0 aliphatic heterocycles. The number of hydrogen-bond acceptors (Lipinski definition) is 6. The van der Waals surface area contributed by atoms with Gasteiger partial charge in [0.1, 0.15) is 17.6 Å². The predicted molar refractivity (Wildman–Crippen MR) is 98.3 cm³/mol. The lowest BCUT2D eigenvalue weighted by Gasteiger charge is -2.09. The van der Waals surface area contributed by atoms with Crippen molar-refractivity contribution in [3.63, 3.8) is 0 Å². The molecular weight excluding hydrogens is 368 g/mol. The highest BCUT2D eigenvalue weighted by Crippen LogP contribution is 2.24. The highest BCUT2D eigenvalue weighted by atomic mass is 35.5. The van der Waals surface area contributed by atoms with E-state index in [1.165, 1.54) is 34.0 Å². The van der Waals surface area contributed by atoms with E-state index in [1.54, 1.807) is 12.1 Å². The molecule has 0 aliphatic carbocycles. The molecule has 124 valence electrons.